The number of hydrogen-bond acceptors (Lipinski definition) is 8. The second kappa shape index (κ2) is 7.29. The number of hydrogen-bond donors (Lipinski definition) is 2. The Morgan fingerprint density at radius 3 is 2.71 bits per heavy atom. The van der Waals surface area contributed by atoms with Crippen LogP contribution in [0.25, 0.3) is 0 Å². The average Bonchev–Trinajstić information content (AvgIpc) is 3.49. The van der Waals surface area contributed by atoms with Crippen molar-refractivity contribution in [2.24, 2.45) is 0 Å². The fourth-order valence-corrected chi connectivity index (χ4v) is 3.82. The SMILES string of the molecule is CC1(c2cccnc2C(=O)c2cc(O)n(Cc3ccc4c(c3)OCO4)c2O)OCCO1. The molecule has 9 nitrogen and oxygen atoms in total. The van der Waals surface area contributed by atoms with Gasteiger partial charge in [0.2, 0.25) is 18.5 Å². The van der Waals surface area contributed by atoms with Gasteiger partial charge in [0.05, 0.1) is 25.3 Å². The normalized spacial score (nSPS) is 16.5. The molecule has 2 aromatic heterocycles. The molecule has 0 atom stereocenters. The van der Waals surface area contributed by atoms with E-state index in [9.17, 15) is 15.0 Å². The quantitative estimate of drug-likeness (QED) is 0.601. The van der Waals surface area contributed by atoms with Crippen molar-refractivity contribution in [3.8, 4) is 23.3 Å². The molecule has 5 rings (SSSR count). The number of nitrogens with zero attached hydrogens (tertiary/aromatic N) is 2. The number of ether oxygens (including phenoxy) is 4. The van der Waals surface area contributed by atoms with Crippen LogP contribution in [0.3, 0.4) is 0 Å². The molecule has 2 N–H and O–H groups in total. The molecule has 0 radical (unpaired) electrons. The fourth-order valence-electron chi connectivity index (χ4n) is 3.82. The molecule has 1 fully saturated rings. The maximum Gasteiger partial charge on any atom is 0.231 e. The lowest BCUT2D eigenvalue weighted by Gasteiger charge is -2.24. The standard InChI is InChI=1S/C22H20N2O7/c1-22(30-7-8-31-22)15-3-2-6-23-19(15)20(26)14-10-18(25)24(21(14)27)11-13-4-5-16-17(9-13)29-12-28-16/h2-6,9-10,25,27H,7-8,11-12H2,1H3. The van der Waals surface area contributed by atoms with Crippen molar-refractivity contribution in [1.82, 2.24) is 9.55 Å². The Bertz CT molecular complexity index is 1160. The Balaban J connectivity index is 1.48. The van der Waals surface area contributed by atoms with Crippen molar-refractivity contribution in [2.45, 2.75) is 19.3 Å². The number of benzene rings is 1. The minimum atomic E-state index is -1.11. The number of aromatic hydroxyl groups is 2. The number of ketones is 1. The van der Waals surface area contributed by atoms with Crippen LogP contribution >= 0.6 is 0 Å². The Labute approximate surface area is 177 Å². The van der Waals surface area contributed by atoms with Crippen LogP contribution in [0.5, 0.6) is 23.3 Å². The fraction of sp³-hybridized carbons (Fsp3) is 0.273. The van der Waals surface area contributed by atoms with E-state index >= 15 is 0 Å². The van der Waals surface area contributed by atoms with Crippen molar-refractivity contribution in [2.75, 3.05) is 20.0 Å². The van der Waals surface area contributed by atoms with Crippen LogP contribution in [0, 0.1) is 0 Å². The largest absolute Gasteiger partial charge is 0.494 e. The molecule has 4 heterocycles. The Morgan fingerprint density at radius 1 is 1.13 bits per heavy atom. The first-order chi connectivity index (χ1) is 15.0. The number of rotatable bonds is 5. The lowest BCUT2D eigenvalue weighted by atomic mass is 10.00. The molecule has 0 spiro atoms. The molecule has 2 aliphatic rings. The molecule has 3 aromatic rings. The van der Waals surface area contributed by atoms with Crippen molar-refractivity contribution < 1.29 is 34.0 Å². The molecule has 1 saturated heterocycles. The van der Waals surface area contributed by atoms with Gasteiger partial charge in [-0.25, -0.2) is 0 Å². The summed E-state index contributed by atoms with van der Waals surface area (Å²) in [6, 6.07) is 9.91. The van der Waals surface area contributed by atoms with Crippen molar-refractivity contribution in [3.63, 3.8) is 0 Å². The average molecular weight is 424 g/mol. The van der Waals surface area contributed by atoms with E-state index in [2.05, 4.69) is 4.98 Å². The van der Waals surface area contributed by atoms with E-state index in [-0.39, 0.29) is 36.4 Å². The zero-order chi connectivity index (χ0) is 21.6. The zero-order valence-electron chi connectivity index (χ0n) is 16.7. The maximum absolute atomic E-state index is 13.3. The first kappa shape index (κ1) is 19.4. The van der Waals surface area contributed by atoms with Gasteiger partial charge >= 0.3 is 0 Å². The number of fused-ring (bicyclic) bond motifs is 1. The summed E-state index contributed by atoms with van der Waals surface area (Å²) in [6.07, 6.45) is 1.48. The lowest BCUT2D eigenvalue weighted by Crippen LogP contribution is -2.26. The molecule has 31 heavy (non-hydrogen) atoms. The highest BCUT2D eigenvalue weighted by atomic mass is 16.7. The first-order valence-corrected chi connectivity index (χ1v) is 9.74. The molecule has 0 aliphatic carbocycles. The van der Waals surface area contributed by atoms with Gasteiger partial charge in [-0.05, 0) is 36.8 Å². The summed E-state index contributed by atoms with van der Waals surface area (Å²) in [4.78, 5) is 17.5. The van der Waals surface area contributed by atoms with E-state index in [4.69, 9.17) is 18.9 Å². The summed E-state index contributed by atoms with van der Waals surface area (Å²) in [7, 11) is 0. The Morgan fingerprint density at radius 2 is 1.90 bits per heavy atom. The summed E-state index contributed by atoms with van der Waals surface area (Å²) in [6.45, 7) is 2.79. The number of aromatic nitrogens is 2. The molecule has 0 saturated carbocycles. The van der Waals surface area contributed by atoms with Gasteiger partial charge in [0.25, 0.3) is 0 Å². The van der Waals surface area contributed by atoms with E-state index < -0.39 is 11.6 Å². The third-order valence-corrected chi connectivity index (χ3v) is 5.42. The minimum Gasteiger partial charge on any atom is -0.494 e. The molecule has 2 aliphatic heterocycles. The van der Waals surface area contributed by atoms with Crippen LogP contribution in [0.2, 0.25) is 0 Å². The van der Waals surface area contributed by atoms with Crippen LogP contribution in [-0.2, 0) is 21.8 Å². The molecule has 0 bridgehead atoms. The third-order valence-electron chi connectivity index (χ3n) is 5.42. The van der Waals surface area contributed by atoms with Crippen LogP contribution in [0.4, 0.5) is 0 Å². The topological polar surface area (TPSA) is 112 Å². The van der Waals surface area contributed by atoms with Gasteiger partial charge in [-0.2, -0.15) is 0 Å². The monoisotopic (exact) mass is 424 g/mol. The summed E-state index contributed by atoms with van der Waals surface area (Å²) in [5.41, 5.74) is 1.23. The van der Waals surface area contributed by atoms with Crippen molar-refractivity contribution >= 4 is 5.78 Å². The minimum absolute atomic E-state index is 0.0696. The molecular weight excluding hydrogens is 404 g/mol. The predicted molar refractivity (Wildman–Crippen MR) is 106 cm³/mol. The van der Waals surface area contributed by atoms with E-state index in [0.717, 1.165) is 5.56 Å². The van der Waals surface area contributed by atoms with Gasteiger partial charge in [-0.1, -0.05) is 6.07 Å². The zero-order valence-corrected chi connectivity index (χ0v) is 16.7. The summed E-state index contributed by atoms with van der Waals surface area (Å²) in [5.74, 6) is -1.05. The van der Waals surface area contributed by atoms with Crippen LogP contribution in [-0.4, -0.2) is 45.6 Å². The summed E-state index contributed by atoms with van der Waals surface area (Å²) < 4.78 is 23.2. The molecule has 1 aromatic carbocycles. The highest BCUT2D eigenvalue weighted by Gasteiger charge is 2.38. The number of pyridine rings is 1. The molecular formula is C22H20N2O7. The summed E-state index contributed by atoms with van der Waals surface area (Å²) >= 11 is 0. The van der Waals surface area contributed by atoms with E-state index in [1.807, 2.05) is 0 Å². The number of carbonyl (C=O) groups excluding carboxylic acids is 1. The Kier molecular flexibility index (Phi) is 4.57. The number of carbonyl (C=O) groups is 1. The van der Waals surface area contributed by atoms with Crippen molar-refractivity contribution in [3.05, 3.63) is 65.0 Å². The van der Waals surface area contributed by atoms with E-state index in [1.165, 1.54) is 16.8 Å². The first-order valence-electron chi connectivity index (χ1n) is 9.74. The Hall–Kier alpha value is -3.56. The van der Waals surface area contributed by atoms with Gasteiger partial charge in [0, 0.05) is 17.8 Å². The molecule has 0 amide bonds. The molecule has 0 unspecified atom stereocenters. The highest BCUT2D eigenvalue weighted by Crippen LogP contribution is 2.37. The third kappa shape index (κ3) is 3.28. The van der Waals surface area contributed by atoms with Gasteiger partial charge in [0.15, 0.2) is 23.2 Å². The van der Waals surface area contributed by atoms with Gasteiger partial charge in [0.1, 0.15) is 5.69 Å². The smallest absolute Gasteiger partial charge is 0.231 e. The predicted octanol–water partition coefficient (Wildman–Crippen LogP) is 2.52. The highest BCUT2D eigenvalue weighted by molar-refractivity contribution is 6.10. The molecule has 160 valence electrons. The van der Waals surface area contributed by atoms with E-state index in [0.29, 0.717) is 30.3 Å². The second-order valence-corrected chi connectivity index (χ2v) is 7.38. The lowest BCUT2D eigenvalue weighted by molar-refractivity contribution is -0.150. The van der Waals surface area contributed by atoms with Crippen molar-refractivity contribution in [1.29, 1.82) is 0 Å². The van der Waals surface area contributed by atoms with Gasteiger partial charge in [-0.3, -0.25) is 14.3 Å². The van der Waals surface area contributed by atoms with Gasteiger partial charge < -0.3 is 29.2 Å². The van der Waals surface area contributed by atoms with E-state index in [1.54, 1.807) is 37.3 Å². The van der Waals surface area contributed by atoms with Gasteiger partial charge in [-0.15, -0.1) is 0 Å². The maximum atomic E-state index is 13.3. The van der Waals surface area contributed by atoms with Crippen LogP contribution in [0.1, 0.15) is 34.1 Å². The molecule has 9 heteroatoms. The second-order valence-electron chi connectivity index (χ2n) is 7.38. The summed E-state index contributed by atoms with van der Waals surface area (Å²) in [5, 5.41) is 21.2. The van der Waals surface area contributed by atoms with Crippen LogP contribution in [0.15, 0.2) is 42.6 Å². The van der Waals surface area contributed by atoms with Crippen LogP contribution < -0.4 is 9.47 Å².